The van der Waals surface area contributed by atoms with Crippen molar-refractivity contribution in [2.75, 3.05) is 13.7 Å². The lowest BCUT2D eigenvalue weighted by atomic mass is 9.99. The van der Waals surface area contributed by atoms with Crippen LogP contribution in [0.1, 0.15) is 31.2 Å². The van der Waals surface area contributed by atoms with Gasteiger partial charge in [0.15, 0.2) is 0 Å². The van der Waals surface area contributed by atoms with Gasteiger partial charge in [0.1, 0.15) is 6.04 Å². The Morgan fingerprint density at radius 1 is 1.29 bits per heavy atom. The highest BCUT2D eigenvalue weighted by Crippen LogP contribution is 2.23. The minimum absolute atomic E-state index is 0.170. The van der Waals surface area contributed by atoms with Crippen molar-refractivity contribution >= 4 is 17.6 Å². The summed E-state index contributed by atoms with van der Waals surface area (Å²) in [5.41, 5.74) is 1.99. The van der Waals surface area contributed by atoms with E-state index in [0.29, 0.717) is 25.8 Å². The Bertz CT molecular complexity index is 629. The maximum absolute atomic E-state index is 12.7. The maximum Gasteiger partial charge on any atom is 0.328 e. The molecule has 128 valence electrons. The summed E-state index contributed by atoms with van der Waals surface area (Å²) < 4.78 is 4.83. The Hall–Kier alpha value is -2.37. The molecule has 3 rings (SSSR count). The average molecular weight is 330 g/mol. The van der Waals surface area contributed by atoms with Crippen LogP contribution in [0.4, 0.5) is 0 Å². The number of esters is 1. The van der Waals surface area contributed by atoms with Crippen molar-refractivity contribution in [2.45, 2.75) is 44.2 Å². The molecule has 1 aromatic carbocycles. The van der Waals surface area contributed by atoms with E-state index in [0.717, 1.165) is 24.1 Å². The van der Waals surface area contributed by atoms with Crippen LogP contribution in [0.25, 0.3) is 0 Å². The number of ether oxygens (including phenoxy) is 1. The van der Waals surface area contributed by atoms with E-state index in [1.807, 2.05) is 30.3 Å². The second kappa shape index (κ2) is 7.47. The lowest BCUT2D eigenvalue weighted by molar-refractivity contribution is -0.159. The molecule has 6 heteroatoms. The van der Waals surface area contributed by atoms with E-state index in [9.17, 15) is 9.59 Å². The van der Waals surface area contributed by atoms with Gasteiger partial charge in [0.25, 0.3) is 5.91 Å². The molecule has 0 spiro atoms. The van der Waals surface area contributed by atoms with E-state index in [1.165, 1.54) is 7.11 Å². The van der Waals surface area contributed by atoms with Gasteiger partial charge in [-0.2, -0.15) is 0 Å². The number of carbonyl (C=O) groups is 2. The van der Waals surface area contributed by atoms with Gasteiger partial charge in [-0.25, -0.2) is 4.79 Å². The van der Waals surface area contributed by atoms with Crippen LogP contribution < -0.4 is 0 Å². The number of hydrogen-bond donors (Lipinski definition) is 0. The third-order valence-electron chi connectivity index (χ3n) is 4.52. The van der Waals surface area contributed by atoms with Gasteiger partial charge in [0.05, 0.1) is 12.8 Å². The molecule has 2 heterocycles. The number of amides is 1. The minimum Gasteiger partial charge on any atom is -0.467 e. The number of hydrogen-bond acceptors (Lipinski definition) is 5. The largest absolute Gasteiger partial charge is 0.467 e. The van der Waals surface area contributed by atoms with Crippen molar-refractivity contribution in [3.8, 4) is 0 Å². The standard InChI is InChI=1S/C18H22N2O4/c1-23-18(22)15-9-5-6-10-20(15)17(21)16-12-14(19-24-16)11-13-7-3-2-4-8-13/h2-4,7-8,15-16H,5-6,9-12H2,1H3. The summed E-state index contributed by atoms with van der Waals surface area (Å²) in [5.74, 6) is -0.525. The predicted molar refractivity (Wildman–Crippen MR) is 88.4 cm³/mol. The predicted octanol–water partition coefficient (Wildman–Crippen LogP) is 1.93. The van der Waals surface area contributed by atoms with E-state index in [4.69, 9.17) is 9.57 Å². The zero-order chi connectivity index (χ0) is 16.9. The first kappa shape index (κ1) is 16.5. The fourth-order valence-corrected chi connectivity index (χ4v) is 3.26. The van der Waals surface area contributed by atoms with Crippen LogP contribution >= 0.6 is 0 Å². The van der Waals surface area contributed by atoms with Gasteiger partial charge >= 0.3 is 5.97 Å². The summed E-state index contributed by atoms with van der Waals surface area (Å²) in [6.07, 6.45) is 2.97. The lowest BCUT2D eigenvalue weighted by Crippen LogP contribution is -2.51. The smallest absolute Gasteiger partial charge is 0.328 e. The van der Waals surface area contributed by atoms with E-state index < -0.39 is 12.1 Å². The molecule has 1 fully saturated rings. The van der Waals surface area contributed by atoms with Crippen LogP contribution in [-0.2, 0) is 25.6 Å². The topological polar surface area (TPSA) is 68.2 Å². The number of methoxy groups -OCH3 is 1. The first-order chi connectivity index (χ1) is 11.7. The third kappa shape index (κ3) is 3.58. The quantitative estimate of drug-likeness (QED) is 0.791. The Labute approximate surface area is 141 Å². The highest BCUT2D eigenvalue weighted by Gasteiger charge is 2.39. The molecule has 24 heavy (non-hydrogen) atoms. The molecule has 0 bridgehead atoms. The number of carbonyl (C=O) groups excluding carboxylic acids is 2. The Balaban J connectivity index is 1.61. The van der Waals surface area contributed by atoms with Crippen LogP contribution in [0.15, 0.2) is 35.5 Å². The van der Waals surface area contributed by atoms with E-state index in [2.05, 4.69) is 5.16 Å². The first-order valence-electron chi connectivity index (χ1n) is 8.33. The molecule has 0 saturated carbocycles. The van der Waals surface area contributed by atoms with Crippen LogP contribution in [0.5, 0.6) is 0 Å². The molecule has 2 atom stereocenters. The molecule has 0 radical (unpaired) electrons. The summed E-state index contributed by atoms with van der Waals surface area (Å²) in [6, 6.07) is 9.46. The zero-order valence-corrected chi connectivity index (χ0v) is 13.8. The number of piperidine rings is 1. The molecule has 2 aliphatic heterocycles. The molecule has 6 nitrogen and oxygen atoms in total. The fourth-order valence-electron chi connectivity index (χ4n) is 3.26. The van der Waals surface area contributed by atoms with Crippen molar-refractivity contribution < 1.29 is 19.2 Å². The van der Waals surface area contributed by atoms with Gasteiger partial charge in [-0.05, 0) is 24.8 Å². The Morgan fingerprint density at radius 3 is 2.83 bits per heavy atom. The zero-order valence-electron chi connectivity index (χ0n) is 13.8. The number of rotatable bonds is 4. The van der Waals surface area contributed by atoms with Gasteiger partial charge in [-0.3, -0.25) is 4.79 Å². The molecular weight excluding hydrogens is 308 g/mol. The highest BCUT2D eigenvalue weighted by atomic mass is 16.6. The van der Waals surface area contributed by atoms with Crippen molar-refractivity contribution in [3.63, 3.8) is 0 Å². The lowest BCUT2D eigenvalue weighted by Gasteiger charge is -2.34. The molecule has 0 aromatic heterocycles. The highest BCUT2D eigenvalue weighted by molar-refractivity contribution is 5.95. The van der Waals surface area contributed by atoms with Gasteiger partial charge in [-0.1, -0.05) is 35.5 Å². The molecule has 0 aliphatic carbocycles. The van der Waals surface area contributed by atoms with Crippen LogP contribution in [-0.4, -0.2) is 48.3 Å². The third-order valence-corrected chi connectivity index (χ3v) is 4.52. The van der Waals surface area contributed by atoms with Crippen LogP contribution in [0.2, 0.25) is 0 Å². The number of oxime groups is 1. The van der Waals surface area contributed by atoms with E-state index in [1.54, 1.807) is 4.90 Å². The second-order valence-electron chi connectivity index (χ2n) is 6.18. The molecular formula is C18H22N2O4. The SMILES string of the molecule is COC(=O)C1CCCCN1C(=O)C1CC(Cc2ccccc2)=NO1. The molecule has 2 aliphatic rings. The average Bonchev–Trinajstić information content (AvgIpc) is 3.09. The van der Waals surface area contributed by atoms with E-state index >= 15 is 0 Å². The van der Waals surface area contributed by atoms with Crippen LogP contribution in [0, 0.1) is 0 Å². The number of likely N-dealkylation sites (tertiary alicyclic amines) is 1. The van der Waals surface area contributed by atoms with Crippen molar-refractivity contribution in [1.82, 2.24) is 4.90 Å². The van der Waals surface area contributed by atoms with Crippen LogP contribution in [0.3, 0.4) is 0 Å². The normalized spacial score (nSPS) is 23.4. The molecule has 0 N–H and O–H groups in total. The molecule has 1 saturated heterocycles. The van der Waals surface area contributed by atoms with Gasteiger partial charge in [-0.15, -0.1) is 0 Å². The summed E-state index contributed by atoms with van der Waals surface area (Å²) in [6.45, 7) is 0.562. The molecule has 1 amide bonds. The maximum atomic E-state index is 12.7. The van der Waals surface area contributed by atoms with Gasteiger partial charge in [0.2, 0.25) is 6.10 Å². The molecule has 1 aromatic rings. The Morgan fingerprint density at radius 2 is 2.08 bits per heavy atom. The van der Waals surface area contributed by atoms with Gasteiger partial charge < -0.3 is 14.5 Å². The van der Waals surface area contributed by atoms with Crippen molar-refractivity contribution in [3.05, 3.63) is 35.9 Å². The summed E-state index contributed by atoms with van der Waals surface area (Å²) in [4.78, 5) is 31.6. The number of benzene rings is 1. The minimum atomic E-state index is -0.631. The first-order valence-corrected chi connectivity index (χ1v) is 8.33. The number of nitrogens with zero attached hydrogens (tertiary/aromatic N) is 2. The fraction of sp³-hybridized carbons (Fsp3) is 0.500. The molecule has 2 unspecified atom stereocenters. The summed E-state index contributed by atoms with van der Waals surface area (Å²) in [7, 11) is 1.35. The summed E-state index contributed by atoms with van der Waals surface area (Å²) in [5, 5.41) is 4.07. The van der Waals surface area contributed by atoms with Gasteiger partial charge in [0, 0.05) is 19.4 Å². The Kier molecular flexibility index (Phi) is 5.13. The monoisotopic (exact) mass is 330 g/mol. The summed E-state index contributed by atoms with van der Waals surface area (Å²) >= 11 is 0. The van der Waals surface area contributed by atoms with Crippen molar-refractivity contribution in [1.29, 1.82) is 0 Å². The van der Waals surface area contributed by atoms with E-state index in [-0.39, 0.29) is 11.9 Å². The van der Waals surface area contributed by atoms with Crippen molar-refractivity contribution in [2.24, 2.45) is 5.16 Å². The second-order valence-corrected chi connectivity index (χ2v) is 6.18.